The summed E-state index contributed by atoms with van der Waals surface area (Å²) in [5.41, 5.74) is 1.74. The molecule has 4 rings (SSSR count). The van der Waals surface area contributed by atoms with Crippen molar-refractivity contribution in [1.82, 2.24) is 9.88 Å². The van der Waals surface area contributed by atoms with E-state index in [2.05, 4.69) is 4.98 Å². The van der Waals surface area contributed by atoms with Crippen LogP contribution in [0.2, 0.25) is 5.02 Å². The molecule has 1 aromatic heterocycles. The van der Waals surface area contributed by atoms with Crippen molar-refractivity contribution in [3.63, 3.8) is 0 Å². The molecule has 4 aromatic rings. The summed E-state index contributed by atoms with van der Waals surface area (Å²) in [4.78, 5) is 22.0. The Kier molecular flexibility index (Phi) is 9.55. The molecule has 0 atom stereocenters. The number of likely N-dealkylation sites (N-methyl/N-ethyl adjacent to an activating group) is 1. The summed E-state index contributed by atoms with van der Waals surface area (Å²) in [6, 6.07) is 20.5. The molecule has 0 bridgehead atoms. The summed E-state index contributed by atoms with van der Waals surface area (Å²) in [5, 5.41) is 1.18. The van der Waals surface area contributed by atoms with E-state index in [-0.39, 0.29) is 29.8 Å². The molecule has 0 aliphatic carbocycles. The quantitative estimate of drug-likeness (QED) is 0.251. The van der Waals surface area contributed by atoms with E-state index in [1.165, 1.54) is 27.8 Å². The number of hydrogen-bond acceptors (Lipinski definition) is 6. The van der Waals surface area contributed by atoms with Gasteiger partial charge in [0.05, 0.1) is 20.8 Å². The summed E-state index contributed by atoms with van der Waals surface area (Å²) in [6.07, 6.45) is 0. The number of hydrogen-bond donors (Lipinski definition) is 0. The SMILES string of the molecule is CCN(c1ccccc1)S(=O)(=O)c1ccc(C(=O)N(CCN(C)C)c2nc3ccc(Cl)cc3s2)cc1.Cl. The van der Waals surface area contributed by atoms with Crippen LogP contribution in [-0.4, -0.2) is 57.9 Å². The number of thiazole rings is 1. The third-order valence-electron chi connectivity index (χ3n) is 5.61. The second kappa shape index (κ2) is 12.2. The molecule has 11 heteroatoms. The molecule has 0 fully saturated rings. The van der Waals surface area contributed by atoms with E-state index in [0.717, 1.165) is 10.2 Å². The van der Waals surface area contributed by atoms with Gasteiger partial charge < -0.3 is 4.90 Å². The standard InChI is InChI=1S/C26H27ClN4O3S2.ClH/c1-4-31(21-8-6-5-7-9-21)36(33,34)22-13-10-19(11-14-22)25(32)30(17-16-29(2)3)26-28-23-15-12-20(27)18-24(23)35-26;/h5-15,18H,4,16-17H2,1-3H3;1H. The number of fused-ring (bicyclic) bond motifs is 1. The molecule has 0 saturated heterocycles. The minimum atomic E-state index is -3.78. The van der Waals surface area contributed by atoms with Gasteiger partial charge in [-0.05, 0) is 75.6 Å². The molecule has 3 aromatic carbocycles. The number of halogens is 2. The smallest absolute Gasteiger partial charge is 0.264 e. The second-order valence-electron chi connectivity index (χ2n) is 8.40. The van der Waals surface area contributed by atoms with E-state index >= 15 is 0 Å². The van der Waals surface area contributed by atoms with Gasteiger partial charge in [-0.1, -0.05) is 41.1 Å². The second-order valence-corrected chi connectivity index (χ2v) is 11.7. The normalized spacial score (nSPS) is 11.4. The average molecular weight is 580 g/mol. The van der Waals surface area contributed by atoms with Crippen LogP contribution in [0.15, 0.2) is 77.7 Å². The van der Waals surface area contributed by atoms with E-state index in [9.17, 15) is 13.2 Å². The Labute approximate surface area is 232 Å². The summed E-state index contributed by atoms with van der Waals surface area (Å²) < 4.78 is 28.9. The van der Waals surface area contributed by atoms with E-state index in [0.29, 0.717) is 34.5 Å². The molecular weight excluding hydrogens is 551 g/mol. The van der Waals surface area contributed by atoms with Crippen molar-refractivity contribution in [2.45, 2.75) is 11.8 Å². The molecular formula is C26H28Cl2N4O3S2. The zero-order valence-electron chi connectivity index (χ0n) is 20.7. The molecule has 0 aliphatic heterocycles. The summed E-state index contributed by atoms with van der Waals surface area (Å²) in [5.74, 6) is -0.249. The first-order valence-electron chi connectivity index (χ1n) is 11.4. The topological polar surface area (TPSA) is 73.8 Å². The maximum absolute atomic E-state index is 13.6. The number of rotatable bonds is 9. The van der Waals surface area contributed by atoms with E-state index in [1.54, 1.807) is 54.3 Å². The lowest BCUT2D eigenvalue weighted by Gasteiger charge is -2.24. The van der Waals surface area contributed by atoms with Gasteiger partial charge in [0, 0.05) is 30.2 Å². The van der Waals surface area contributed by atoms with Crippen LogP contribution in [0.3, 0.4) is 0 Å². The van der Waals surface area contributed by atoms with Crippen molar-refractivity contribution in [2.75, 3.05) is 42.9 Å². The van der Waals surface area contributed by atoms with E-state index < -0.39 is 10.0 Å². The average Bonchev–Trinajstić information content (AvgIpc) is 3.27. The monoisotopic (exact) mass is 578 g/mol. The fraction of sp³-hybridized carbons (Fsp3) is 0.231. The zero-order chi connectivity index (χ0) is 25.9. The van der Waals surface area contributed by atoms with Gasteiger partial charge in [0.2, 0.25) is 0 Å². The highest BCUT2D eigenvalue weighted by molar-refractivity contribution is 7.92. The lowest BCUT2D eigenvalue weighted by molar-refractivity contribution is 0.0985. The molecule has 7 nitrogen and oxygen atoms in total. The number of carbonyl (C=O) groups excluding carboxylic acids is 1. The Morgan fingerprint density at radius 3 is 2.27 bits per heavy atom. The Bertz CT molecular complexity index is 1460. The van der Waals surface area contributed by atoms with Crippen LogP contribution in [0.25, 0.3) is 10.2 Å². The number of sulfonamides is 1. The van der Waals surface area contributed by atoms with Crippen molar-refractivity contribution in [1.29, 1.82) is 0 Å². The van der Waals surface area contributed by atoms with Crippen molar-refractivity contribution in [3.8, 4) is 0 Å². The first kappa shape index (κ1) is 28.9. The van der Waals surface area contributed by atoms with Crippen molar-refractivity contribution in [2.24, 2.45) is 0 Å². The number of anilines is 2. The van der Waals surface area contributed by atoms with Crippen LogP contribution < -0.4 is 9.21 Å². The summed E-state index contributed by atoms with van der Waals surface area (Å²) >= 11 is 7.53. The third kappa shape index (κ3) is 6.42. The molecule has 196 valence electrons. The maximum Gasteiger partial charge on any atom is 0.264 e. The zero-order valence-corrected chi connectivity index (χ0v) is 23.9. The molecule has 0 saturated carbocycles. The predicted octanol–water partition coefficient (Wildman–Crippen LogP) is 5.80. The minimum Gasteiger partial charge on any atom is -0.308 e. The highest BCUT2D eigenvalue weighted by Crippen LogP contribution is 2.32. The Morgan fingerprint density at radius 1 is 0.973 bits per heavy atom. The molecule has 37 heavy (non-hydrogen) atoms. The number of para-hydroxylation sites is 1. The third-order valence-corrected chi connectivity index (χ3v) is 8.80. The molecule has 0 N–H and O–H groups in total. The molecule has 1 amide bonds. The lowest BCUT2D eigenvalue weighted by Crippen LogP contribution is -2.36. The van der Waals surface area contributed by atoms with Crippen LogP contribution in [0.4, 0.5) is 10.8 Å². The number of benzene rings is 3. The molecule has 0 aliphatic rings. The van der Waals surface area contributed by atoms with Gasteiger partial charge in [0.15, 0.2) is 5.13 Å². The van der Waals surface area contributed by atoms with Gasteiger partial charge in [-0.3, -0.25) is 14.0 Å². The molecule has 0 radical (unpaired) electrons. The summed E-state index contributed by atoms with van der Waals surface area (Å²) in [6.45, 7) is 3.14. The van der Waals surface area contributed by atoms with Crippen LogP contribution in [0, 0.1) is 0 Å². The molecule has 1 heterocycles. The van der Waals surface area contributed by atoms with Crippen LogP contribution in [0.5, 0.6) is 0 Å². The van der Waals surface area contributed by atoms with Gasteiger partial charge in [-0.15, -0.1) is 12.4 Å². The maximum atomic E-state index is 13.6. The Hall–Kier alpha value is -2.69. The van der Waals surface area contributed by atoms with Gasteiger partial charge in [-0.25, -0.2) is 13.4 Å². The fourth-order valence-electron chi connectivity index (χ4n) is 3.72. The predicted molar refractivity (Wildman–Crippen MR) is 155 cm³/mol. The van der Waals surface area contributed by atoms with Crippen LogP contribution >= 0.6 is 35.3 Å². The number of amides is 1. The summed E-state index contributed by atoms with van der Waals surface area (Å²) in [7, 11) is 0.0913. The molecule has 0 spiro atoms. The van der Waals surface area contributed by atoms with Gasteiger partial charge in [0.1, 0.15) is 0 Å². The lowest BCUT2D eigenvalue weighted by atomic mass is 10.2. The Balaban J connectivity index is 0.00000380. The highest BCUT2D eigenvalue weighted by atomic mass is 35.5. The van der Waals surface area contributed by atoms with Crippen molar-refractivity contribution >= 4 is 72.3 Å². The highest BCUT2D eigenvalue weighted by Gasteiger charge is 2.25. The first-order chi connectivity index (χ1) is 17.2. The molecule has 0 unspecified atom stereocenters. The number of nitrogens with zero attached hydrogens (tertiary/aromatic N) is 4. The van der Waals surface area contributed by atoms with Crippen LogP contribution in [-0.2, 0) is 10.0 Å². The van der Waals surface area contributed by atoms with Gasteiger partial charge in [-0.2, -0.15) is 0 Å². The van der Waals surface area contributed by atoms with Crippen LogP contribution in [0.1, 0.15) is 17.3 Å². The van der Waals surface area contributed by atoms with E-state index in [4.69, 9.17) is 11.6 Å². The Morgan fingerprint density at radius 2 is 1.65 bits per heavy atom. The first-order valence-corrected chi connectivity index (χ1v) is 14.0. The fourth-order valence-corrected chi connectivity index (χ4v) is 6.46. The van der Waals surface area contributed by atoms with Gasteiger partial charge in [0.25, 0.3) is 15.9 Å². The van der Waals surface area contributed by atoms with Crippen molar-refractivity contribution in [3.05, 3.63) is 83.4 Å². The minimum absolute atomic E-state index is 0. The van der Waals surface area contributed by atoms with Gasteiger partial charge >= 0.3 is 0 Å². The van der Waals surface area contributed by atoms with Crippen molar-refractivity contribution < 1.29 is 13.2 Å². The number of carbonyl (C=O) groups is 1. The van der Waals surface area contributed by atoms with E-state index in [1.807, 2.05) is 37.2 Å². The largest absolute Gasteiger partial charge is 0.308 e. The number of aromatic nitrogens is 1.